The summed E-state index contributed by atoms with van der Waals surface area (Å²) in [4.78, 5) is 9.87. The molecule has 18 heavy (non-hydrogen) atoms. The van der Waals surface area contributed by atoms with Crippen LogP contribution in [0.25, 0.3) is 0 Å². The Kier molecular flexibility index (Phi) is 4.04. The van der Waals surface area contributed by atoms with Crippen molar-refractivity contribution >= 4 is 17.6 Å². The first-order chi connectivity index (χ1) is 8.67. The number of phenolic OH excluding ortho intramolecular Hbond substituents is 1. The van der Waals surface area contributed by atoms with Gasteiger partial charge in [0, 0.05) is 23.7 Å². The molecule has 0 unspecified atom stereocenters. The van der Waals surface area contributed by atoms with Gasteiger partial charge in [0.05, 0.1) is 5.75 Å². The topological polar surface area (TPSA) is 58.0 Å². The number of aromatic hydroxyl groups is 1. The van der Waals surface area contributed by atoms with Gasteiger partial charge in [-0.3, -0.25) is 0 Å². The molecule has 2 N–H and O–H groups in total. The third-order valence-corrected chi connectivity index (χ3v) is 3.37. The Morgan fingerprint density at radius 1 is 1.22 bits per heavy atom. The van der Waals surface area contributed by atoms with Gasteiger partial charge in [-0.25, -0.2) is 9.97 Å². The molecule has 2 aromatic rings. The Bertz CT molecular complexity index is 528. The van der Waals surface area contributed by atoms with Gasteiger partial charge in [0.15, 0.2) is 0 Å². The number of nitrogens with one attached hydrogen (secondary N) is 1. The lowest BCUT2D eigenvalue weighted by atomic mass is 10.3. The summed E-state index contributed by atoms with van der Waals surface area (Å²) in [6.45, 7) is 1.96. The molecule has 1 aromatic heterocycles. The van der Waals surface area contributed by atoms with Gasteiger partial charge in [-0.15, -0.1) is 11.8 Å². The number of phenols is 1. The van der Waals surface area contributed by atoms with Crippen LogP contribution in [-0.2, 0) is 5.75 Å². The monoisotopic (exact) mass is 261 g/mol. The molecule has 0 radical (unpaired) electrons. The van der Waals surface area contributed by atoms with E-state index in [1.165, 1.54) is 0 Å². The summed E-state index contributed by atoms with van der Waals surface area (Å²) in [5.41, 5.74) is 0.954. The SMILES string of the molecule is CNc1cc(C)nc(CSc2ccc(O)cc2)n1. The average molecular weight is 261 g/mol. The number of benzene rings is 1. The van der Waals surface area contributed by atoms with Crippen LogP contribution in [0.15, 0.2) is 35.2 Å². The second-order valence-corrected chi connectivity index (χ2v) is 4.89. The van der Waals surface area contributed by atoms with E-state index in [1.807, 2.05) is 32.2 Å². The summed E-state index contributed by atoms with van der Waals surface area (Å²) in [5, 5.41) is 12.2. The molecule has 2 rings (SSSR count). The quantitative estimate of drug-likeness (QED) is 0.829. The van der Waals surface area contributed by atoms with Crippen molar-refractivity contribution in [3.8, 4) is 5.75 Å². The highest BCUT2D eigenvalue weighted by Crippen LogP contribution is 2.23. The van der Waals surface area contributed by atoms with E-state index in [4.69, 9.17) is 0 Å². The molecular formula is C13H15N3OS. The van der Waals surface area contributed by atoms with Crippen molar-refractivity contribution in [1.29, 1.82) is 0 Å². The van der Waals surface area contributed by atoms with Crippen molar-refractivity contribution in [2.45, 2.75) is 17.6 Å². The third-order valence-electron chi connectivity index (χ3n) is 2.36. The van der Waals surface area contributed by atoms with Crippen LogP contribution in [0.5, 0.6) is 5.75 Å². The van der Waals surface area contributed by atoms with Gasteiger partial charge >= 0.3 is 0 Å². The predicted octanol–water partition coefficient (Wildman–Crippen LogP) is 2.82. The van der Waals surface area contributed by atoms with E-state index >= 15 is 0 Å². The number of nitrogens with zero attached hydrogens (tertiary/aromatic N) is 2. The van der Waals surface area contributed by atoms with Crippen LogP contribution < -0.4 is 5.32 Å². The van der Waals surface area contributed by atoms with E-state index in [1.54, 1.807) is 23.9 Å². The minimum absolute atomic E-state index is 0.281. The number of thioether (sulfide) groups is 1. The van der Waals surface area contributed by atoms with Crippen molar-refractivity contribution in [2.24, 2.45) is 0 Å². The first kappa shape index (κ1) is 12.7. The third kappa shape index (κ3) is 3.37. The van der Waals surface area contributed by atoms with Crippen LogP contribution in [0, 0.1) is 6.92 Å². The molecule has 0 amide bonds. The highest BCUT2D eigenvalue weighted by Gasteiger charge is 2.02. The van der Waals surface area contributed by atoms with Gasteiger partial charge in [-0.2, -0.15) is 0 Å². The number of aryl methyl sites for hydroxylation is 1. The molecule has 0 atom stereocenters. The van der Waals surface area contributed by atoms with Crippen LogP contribution in [0.3, 0.4) is 0 Å². The van der Waals surface area contributed by atoms with Crippen LogP contribution in [-0.4, -0.2) is 22.1 Å². The number of rotatable bonds is 4. The molecule has 5 heteroatoms. The highest BCUT2D eigenvalue weighted by molar-refractivity contribution is 7.98. The second-order valence-electron chi connectivity index (χ2n) is 3.84. The molecule has 0 aliphatic carbocycles. The molecular weight excluding hydrogens is 246 g/mol. The largest absolute Gasteiger partial charge is 0.508 e. The van der Waals surface area contributed by atoms with Crippen molar-refractivity contribution in [2.75, 3.05) is 12.4 Å². The Hall–Kier alpha value is -1.75. The highest BCUT2D eigenvalue weighted by atomic mass is 32.2. The maximum atomic E-state index is 9.20. The van der Waals surface area contributed by atoms with Crippen LogP contribution in [0.2, 0.25) is 0 Å². The van der Waals surface area contributed by atoms with Gasteiger partial charge in [-0.05, 0) is 31.2 Å². The summed E-state index contributed by atoms with van der Waals surface area (Å²) in [6.07, 6.45) is 0. The first-order valence-electron chi connectivity index (χ1n) is 5.61. The predicted molar refractivity (Wildman–Crippen MR) is 74.0 cm³/mol. The summed E-state index contributed by atoms with van der Waals surface area (Å²) < 4.78 is 0. The lowest BCUT2D eigenvalue weighted by Gasteiger charge is -2.05. The molecule has 4 nitrogen and oxygen atoms in total. The van der Waals surface area contributed by atoms with Gasteiger partial charge < -0.3 is 10.4 Å². The number of anilines is 1. The minimum atomic E-state index is 0.281. The summed E-state index contributed by atoms with van der Waals surface area (Å²) in [5.74, 6) is 2.63. The average Bonchev–Trinajstić information content (AvgIpc) is 2.37. The fourth-order valence-electron chi connectivity index (χ4n) is 1.51. The number of hydrogen-bond donors (Lipinski definition) is 2. The van der Waals surface area contributed by atoms with Gasteiger partial charge in [0.1, 0.15) is 17.4 Å². The minimum Gasteiger partial charge on any atom is -0.508 e. The zero-order valence-corrected chi connectivity index (χ0v) is 11.2. The Morgan fingerprint density at radius 3 is 2.61 bits per heavy atom. The molecule has 0 aliphatic heterocycles. The maximum Gasteiger partial charge on any atom is 0.141 e. The first-order valence-corrected chi connectivity index (χ1v) is 6.60. The Morgan fingerprint density at radius 2 is 1.94 bits per heavy atom. The molecule has 1 aromatic carbocycles. The van der Waals surface area contributed by atoms with Crippen LogP contribution in [0.1, 0.15) is 11.5 Å². The van der Waals surface area contributed by atoms with E-state index in [9.17, 15) is 5.11 Å². The smallest absolute Gasteiger partial charge is 0.141 e. The van der Waals surface area contributed by atoms with Gasteiger partial charge in [0.25, 0.3) is 0 Å². The van der Waals surface area contributed by atoms with Gasteiger partial charge in [0.2, 0.25) is 0 Å². The zero-order chi connectivity index (χ0) is 13.0. The van der Waals surface area contributed by atoms with Crippen molar-refractivity contribution in [3.63, 3.8) is 0 Å². The molecule has 0 fully saturated rings. The molecule has 0 bridgehead atoms. The Balaban J connectivity index is 2.05. The normalized spacial score (nSPS) is 10.3. The second kappa shape index (κ2) is 5.73. The van der Waals surface area contributed by atoms with Crippen LogP contribution in [0.4, 0.5) is 5.82 Å². The maximum absolute atomic E-state index is 9.20. The number of aromatic nitrogens is 2. The summed E-state index contributed by atoms with van der Waals surface area (Å²) in [6, 6.07) is 9.04. The van der Waals surface area contributed by atoms with Crippen molar-refractivity contribution in [3.05, 3.63) is 41.9 Å². The molecule has 94 valence electrons. The molecule has 1 heterocycles. The lowest BCUT2D eigenvalue weighted by molar-refractivity contribution is 0.475. The molecule has 0 aliphatic rings. The van der Waals surface area contributed by atoms with E-state index < -0.39 is 0 Å². The standard InChI is InChI=1S/C13H15N3OS/c1-9-7-12(14-2)16-13(15-9)8-18-11-5-3-10(17)4-6-11/h3-7,17H,8H2,1-2H3,(H,14,15,16). The molecule has 0 spiro atoms. The zero-order valence-electron chi connectivity index (χ0n) is 10.3. The van der Waals surface area contributed by atoms with Crippen molar-refractivity contribution in [1.82, 2.24) is 9.97 Å². The van der Waals surface area contributed by atoms with Crippen LogP contribution >= 0.6 is 11.8 Å². The van der Waals surface area contributed by atoms with E-state index in [0.717, 1.165) is 22.2 Å². The van der Waals surface area contributed by atoms with Gasteiger partial charge in [-0.1, -0.05) is 0 Å². The van der Waals surface area contributed by atoms with E-state index in [2.05, 4.69) is 15.3 Å². The molecule has 0 saturated carbocycles. The Labute approximate surface area is 110 Å². The fraction of sp³-hybridized carbons (Fsp3) is 0.231. The lowest BCUT2D eigenvalue weighted by Crippen LogP contribution is -2.00. The summed E-state index contributed by atoms with van der Waals surface area (Å²) >= 11 is 1.65. The van der Waals surface area contributed by atoms with Crippen molar-refractivity contribution < 1.29 is 5.11 Å². The van der Waals surface area contributed by atoms with E-state index in [0.29, 0.717) is 5.75 Å². The fourth-order valence-corrected chi connectivity index (χ4v) is 2.27. The molecule has 0 saturated heterocycles. The van der Waals surface area contributed by atoms with E-state index in [-0.39, 0.29) is 5.75 Å². The summed E-state index contributed by atoms with van der Waals surface area (Å²) in [7, 11) is 1.85. The number of hydrogen-bond acceptors (Lipinski definition) is 5.